The Labute approximate surface area is 135 Å². The Balaban J connectivity index is 1.56. The van der Waals surface area contributed by atoms with Crippen molar-refractivity contribution in [2.75, 3.05) is 0 Å². The highest BCUT2D eigenvalue weighted by Crippen LogP contribution is 2.19. The molecule has 0 bridgehead atoms. The standard InChI is InChI=1S/C16H11FN6O/c17-13-5-1-3-11(7-13)9-23-10-14(20-22-23)15-19-16(24-21-15)12-4-2-6-18-8-12/h1-8,10H,9H2. The number of rotatable bonds is 4. The number of pyridine rings is 1. The molecule has 0 unspecified atom stereocenters. The number of hydrogen-bond donors (Lipinski definition) is 0. The number of halogens is 1. The lowest BCUT2D eigenvalue weighted by atomic mass is 10.2. The molecule has 0 aliphatic rings. The highest BCUT2D eigenvalue weighted by atomic mass is 19.1. The second-order valence-electron chi connectivity index (χ2n) is 5.10. The van der Waals surface area contributed by atoms with Crippen LogP contribution in [0.3, 0.4) is 0 Å². The minimum Gasteiger partial charge on any atom is -0.333 e. The van der Waals surface area contributed by atoms with Gasteiger partial charge in [-0.2, -0.15) is 4.98 Å². The summed E-state index contributed by atoms with van der Waals surface area (Å²) in [6.45, 7) is 0.401. The Kier molecular flexibility index (Phi) is 3.54. The van der Waals surface area contributed by atoms with Gasteiger partial charge in [0.15, 0.2) is 5.69 Å². The van der Waals surface area contributed by atoms with Gasteiger partial charge in [-0.3, -0.25) is 4.98 Å². The monoisotopic (exact) mass is 322 g/mol. The predicted octanol–water partition coefficient (Wildman–Crippen LogP) is 2.58. The zero-order valence-electron chi connectivity index (χ0n) is 12.4. The number of nitrogens with zero attached hydrogens (tertiary/aromatic N) is 6. The predicted molar refractivity (Wildman–Crippen MR) is 82.0 cm³/mol. The molecule has 8 heteroatoms. The van der Waals surface area contributed by atoms with Crippen molar-refractivity contribution in [1.82, 2.24) is 30.1 Å². The summed E-state index contributed by atoms with van der Waals surface area (Å²) >= 11 is 0. The third-order valence-electron chi connectivity index (χ3n) is 3.34. The highest BCUT2D eigenvalue weighted by Gasteiger charge is 2.14. The minimum absolute atomic E-state index is 0.285. The van der Waals surface area contributed by atoms with Crippen LogP contribution in [-0.4, -0.2) is 30.1 Å². The summed E-state index contributed by atoms with van der Waals surface area (Å²) < 4.78 is 20.0. The van der Waals surface area contributed by atoms with Crippen molar-refractivity contribution in [2.45, 2.75) is 6.54 Å². The average molecular weight is 322 g/mol. The van der Waals surface area contributed by atoms with Crippen molar-refractivity contribution in [2.24, 2.45) is 0 Å². The van der Waals surface area contributed by atoms with Crippen molar-refractivity contribution in [3.8, 4) is 23.0 Å². The van der Waals surface area contributed by atoms with Crippen molar-refractivity contribution in [1.29, 1.82) is 0 Å². The van der Waals surface area contributed by atoms with Crippen LogP contribution in [0, 0.1) is 5.82 Å². The van der Waals surface area contributed by atoms with Crippen LogP contribution in [-0.2, 0) is 6.54 Å². The summed E-state index contributed by atoms with van der Waals surface area (Å²) in [6, 6.07) is 9.94. The van der Waals surface area contributed by atoms with Gasteiger partial charge in [-0.05, 0) is 29.8 Å². The van der Waals surface area contributed by atoms with E-state index in [0.29, 0.717) is 24.0 Å². The van der Waals surface area contributed by atoms with Crippen LogP contribution < -0.4 is 0 Å². The van der Waals surface area contributed by atoms with Crippen LogP contribution in [0.4, 0.5) is 4.39 Å². The van der Waals surface area contributed by atoms with Gasteiger partial charge < -0.3 is 4.52 Å². The molecule has 0 atom stereocenters. The van der Waals surface area contributed by atoms with E-state index < -0.39 is 0 Å². The summed E-state index contributed by atoms with van der Waals surface area (Å²) in [5, 5.41) is 11.9. The fourth-order valence-corrected chi connectivity index (χ4v) is 2.23. The van der Waals surface area contributed by atoms with Crippen LogP contribution in [0.15, 0.2) is 59.5 Å². The van der Waals surface area contributed by atoms with Gasteiger partial charge in [0.2, 0.25) is 5.82 Å². The SMILES string of the molecule is Fc1cccc(Cn2cc(-c3noc(-c4cccnc4)n3)nn2)c1. The second-order valence-corrected chi connectivity index (χ2v) is 5.10. The van der Waals surface area contributed by atoms with Gasteiger partial charge >= 0.3 is 0 Å². The van der Waals surface area contributed by atoms with E-state index in [1.165, 1.54) is 12.1 Å². The van der Waals surface area contributed by atoms with Crippen LogP contribution in [0.5, 0.6) is 0 Å². The van der Waals surface area contributed by atoms with E-state index in [2.05, 4.69) is 25.4 Å². The normalized spacial score (nSPS) is 10.9. The fraction of sp³-hybridized carbons (Fsp3) is 0.0625. The van der Waals surface area contributed by atoms with Gasteiger partial charge in [-0.15, -0.1) is 5.10 Å². The summed E-state index contributed by atoms with van der Waals surface area (Å²) in [6.07, 6.45) is 4.99. The first-order valence-electron chi connectivity index (χ1n) is 7.17. The molecule has 24 heavy (non-hydrogen) atoms. The first-order chi connectivity index (χ1) is 11.8. The summed E-state index contributed by atoms with van der Waals surface area (Å²) in [5.74, 6) is 0.407. The van der Waals surface area contributed by atoms with Crippen molar-refractivity contribution in [3.05, 3.63) is 66.4 Å². The Hall–Kier alpha value is -3.42. The van der Waals surface area contributed by atoms with Gasteiger partial charge in [0.1, 0.15) is 5.82 Å². The molecule has 0 saturated carbocycles. The molecule has 0 aliphatic heterocycles. The Morgan fingerprint density at radius 2 is 2.12 bits per heavy atom. The molecule has 1 aromatic carbocycles. The Bertz CT molecular complexity index is 965. The van der Waals surface area contributed by atoms with Crippen LogP contribution in [0.25, 0.3) is 23.0 Å². The van der Waals surface area contributed by atoms with E-state index >= 15 is 0 Å². The Morgan fingerprint density at radius 1 is 1.17 bits per heavy atom. The summed E-state index contributed by atoms with van der Waals surface area (Å²) in [4.78, 5) is 8.30. The average Bonchev–Trinajstić information content (AvgIpc) is 3.25. The van der Waals surface area contributed by atoms with Crippen LogP contribution >= 0.6 is 0 Å². The number of benzene rings is 1. The molecule has 3 aromatic heterocycles. The van der Waals surface area contributed by atoms with Gasteiger partial charge in [-0.1, -0.05) is 22.5 Å². The fourth-order valence-electron chi connectivity index (χ4n) is 2.23. The highest BCUT2D eigenvalue weighted by molar-refractivity contribution is 5.55. The lowest BCUT2D eigenvalue weighted by Gasteiger charge is -2.00. The molecule has 0 radical (unpaired) electrons. The molecule has 0 amide bonds. The van der Waals surface area contributed by atoms with E-state index in [0.717, 1.165) is 11.1 Å². The third-order valence-corrected chi connectivity index (χ3v) is 3.34. The minimum atomic E-state index is -0.285. The van der Waals surface area contributed by atoms with E-state index in [1.807, 2.05) is 12.1 Å². The molecule has 4 aromatic rings. The molecular weight excluding hydrogens is 311 g/mol. The molecule has 0 saturated heterocycles. The maximum atomic E-state index is 13.2. The van der Waals surface area contributed by atoms with E-state index in [4.69, 9.17) is 4.52 Å². The Morgan fingerprint density at radius 3 is 2.96 bits per heavy atom. The first kappa shape index (κ1) is 14.2. The quantitative estimate of drug-likeness (QED) is 0.574. The lowest BCUT2D eigenvalue weighted by Crippen LogP contribution is -2.00. The maximum Gasteiger partial charge on any atom is 0.259 e. The van der Waals surface area contributed by atoms with Gasteiger partial charge in [0, 0.05) is 12.4 Å². The van der Waals surface area contributed by atoms with E-state index in [-0.39, 0.29) is 5.82 Å². The maximum absolute atomic E-state index is 13.2. The zero-order chi connectivity index (χ0) is 16.4. The van der Waals surface area contributed by atoms with Gasteiger partial charge in [-0.25, -0.2) is 9.07 Å². The summed E-state index contributed by atoms with van der Waals surface area (Å²) in [5.41, 5.74) is 1.99. The number of hydrogen-bond acceptors (Lipinski definition) is 6. The molecule has 3 heterocycles. The molecule has 0 spiro atoms. The molecule has 0 N–H and O–H groups in total. The number of aromatic nitrogens is 6. The molecular formula is C16H11FN6O. The van der Waals surface area contributed by atoms with Crippen LogP contribution in [0.1, 0.15) is 5.56 Å². The second kappa shape index (κ2) is 5.99. The van der Waals surface area contributed by atoms with E-state index in [9.17, 15) is 4.39 Å². The summed E-state index contributed by atoms with van der Waals surface area (Å²) in [7, 11) is 0. The van der Waals surface area contributed by atoms with Crippen molar-refractivity contribution in [3.63, 3.8) is 0 Å². The van der Waals surface area contributed by atoms with Gasteiger partial charge in [0.25, 0.3) is 5.89 Å². The van der Waals surface area contributed by atoms with Gasteiger partial charge in [0.05, 0.1) is 18.3 Å². The lowest BCUT2D eigenvalue weighted by molar-refractivity contribution is 0.432. The molecule has 7 nitrogen and oxygen atoms in total. The molecule has 0 fully saturated rings. The molecule has 0 aliphatic carbocycles. The van der Waals surface area contributed by atoms with Crippen molar-refractivity contribution >= 4 is 0 Å². The first-order valence-corrected chi connectivity index (χ1v) is 7.17. The molecule has 118 valence electrons. The topological polar surface area (TPSA) is 82.5 Å². The van der Waals surface area contributed by atoms with Crippen molar-refractivity contribution < 1.29 is 8.91 Å². The van der Waals surface area contributed by atoms with E-state index in [1.54, 1.807) is 35.4 Å². The molecule has 4 rings (SSSR count). The largest absolute Gasteiger partial charge is 0.333 e. The zero-order valence-corrected chi connectivity index (χ0v) is 12.4. The third kappa shape index (κ3) is 2.89. The van der Waals surface area contributed by atoms with Crippen LogP contribution in [0.2, 0.25) is 0 Å². The smallest absolute Gasteiger partial charge is 0.259 e.